The third-order valence-corrected chi connectivity index (χ3v) is 4.48. The van der Waals surface area contributed by atoms with Crippen LogP contribution in [0.3, 0.4) is 0 Å². The molecule has 0 atom stereocenters. The van der Waals surface area contributed by atoms with Crippen molar-refractivity contribution in [1.29, 1.82) is 0 Å². The maximum Gasteiger partial charge on any atom is 0.258 e. The molecule has 0 aliphatic heterocycles. The molecule has 0 aromatic heterocycles. The van der Waals surface area contributed by atoms with Crippen molar-refractivity contribution >= 4 is 22.6 Å². The van der Waals surface area contributed by atoms with Crippen LogP contribution in [0.1, 0.15) is 22.8 Å². The monoisotopic (exact) mass is 376 g/mol. The topological polar surface area (TPSA) is 67.4 Å². The molecule has 0 spiro atoms. The number of rotatable bonds is 8. The molecule has 0 saturated heterocycles. The molecule has 3 aromatic rings. The van der Waals surface area contributed by atoms with Crippen LogP contribution in [0.15, 0.2) is 66.7 Å². The van der Waals surface area contributed by atoms with Gasteiger partial charge in [-0.1, -0.05) is 61.5 Å². The van der Waals surface area contributed by atoms with Gasteiger partial charge in [0, 0.05) is 18.7 Å². The average Bonchev–Trinajstić information content (AvgIpc) is 2.74. The van der Waals surface area contributed by atoms with Gasteiger partial charge >= 0.3 is 0 Å². The molecule has 2 N–H and O–H groups in total. The predicted octanol–water partition coefficient (Wildman–Crippen LogP) is 3.33. The highest BCUT2D eigenvalue weighted by atomic mass is 16.5. The molecule has 0 bridgehead atoms. The van der Waals surface area contributed by atoms with Crippen LogP contribution >= 0.6 is 0 Å². The Bertz CT molecular complexity index is 963. The van der Waals surface area contributed by atoms with Crippen molar-refractivity contribution in [3.05, 3.63) is 77.9 Å². The SMILES string of the molecule is CCc1ccccc1OCC(=O)NCCNC(=O)c1cccc2ccccc12. The molecule has 0 heterocycles. The fraction of sp³-hybridized carbons (Fsp3) is 0.217. The molecule has 3 aromatic carbocycles. The Kier molecular flexibility index (Phi) is 6.63. The van der Waals surface area contributed by atoms with E-state index in [9.17, 15) is 9.59 Å². The van der Waals surface area contributed by atoms with Gasteiger partial charge in [0.05, 0.1) is 0 Å². The number of hydrogen-bond acceptors (Lipinski definition) is 3. The summed E-state index contributed by atoms with van der Waals surface area (Å²) in [6, 6.07) is 21.1. The van der Waals surface area contributed by atoms with Gasteiger partial charge in [-0.05, 0) is 34.9 Å². The van der Waals surface area contributed by atoms with E-state index in [0.717, 1.165) is 28.5 Å². The molecule has 0 aliphatic rings. The van der Waals surface area contributed by atoms with Crippen molar-refractivity contribution in [2.75, 3.05) is 19.7 Å². The summed E-state index contributed by atoms with van der Waals surface area (Å²) >= 11 is 0. The molecule has 5 heteroatoms. The van der Waals surface area contributed by atoms with Gasteiger partial charge in [0.25, 0.3) is 11.8 Å². The second-order valence-electron chi connectivity index (χ2n) is 6.38. The third-order valence-electron chi connectivity index (χ3n) is 4.48. The van der Waals surface area contributed by atoms with Gasteiger partial charge in [0.15, 0.2) is 6.61 Å². The quantitative estimate of drug-likeness (QED) is 0.593. The lowest BCUT2D eigenvalue weighted by molar-refractivity contribution is -0.123. The molecule has 0 aliphatic carbocycles. The summed E-state index contributed by atoms with van der Waals surface area (Å²) in [5, 5.41) is 7.53. The average molecular weight is 376 g/mol. The van der Waals surface area contributed by atoms with Crippen molar-refractivity contribution in [2.24, 2.45) is 0 Å². The van der Waals surface area contributed by atoms with Gasteiger partial charge in [-0.2, -0.15) is 0 Å². The highest BCUT2D eigenvalue weighted by molar-refractivity contribution is 6.07. The lowest BCUT2D eigenvalue weighted by Crippen LogP contribution is -2.36. The Balaban J connectivity index is 1.44. The summed E-state index contributed by atoms with van der Waals surface area (Å²) in [6.07, 6.45) is 0.845. The van der Waals surface area contributed by atoms with Gasteiger partial charge in [0.1, 0.15) is 5.75 Å². The normalized spacial score (nSPS) is 10.5. The number of carbonyl (C=O) groups is 2. The summed E-state index contributed by atoms with van der Waals surface area (Å²) in [4.78, 5) is 24.4. The first-order valence-corrected chi connectivity index (χ1v) is 9.42. The number of para-hydroxylation sites is 1. The van der Waals surface area contributed by atoms with Crippen LogP contribution in [0.5, 0.6) is 5.75 Å². The van der Waals surface area contributed by atoms with Gasteiger partial charge in [-0.3, -0.25) is 9.59 Å². The maximum absolute atomic E-state index is 12.4. The summed E-state index contributed by atoms with van der Waals surface area (Å²) in [5.41, 5.74) is 1.70. The molecule has 2 amide bonds. The highest BCUT2D eigenvalue weighted by Crippen LogP contribution is 2.19. The molecule has 5 nitrogen and oxygen atoms in total. The number of fused-ring (bicyclic) bond motifs is 1. The molecule has 0 fully saturated rings. The number of benzene rings is 3. The Labute approximate surface area is 164 Å². The first-order chi connectivity index (χ1) is 13.7. The number of nitrogens with one attached hydrogen (secondary N) is 2. The Morgan fingerprint density at radius 1 is 0.857 bits per heavy atom. The molecule has 0 radical (unpaired) electrons. The van der Waals surface area contributed by atoms with E-state index in [-0.39, 0.29) is 18.4 Å². The number of amides is 2. The Morgan fingerprint density at radius 3 is 2.43 bits per heavy atom. The highest BCUT2D eigenvalue weighted by Gasteiger charge is 2.09. The van der Waals surface area contributed by atoms with Crippen molar-refractivity contribution in [3.63, 3.8) is 0 Å². The second-order valence-corrected chi connectivity index (χ2v) is 6.38. The van der Waals surface area contributed by atoms with Crippen LogP contribution in [0.2, 0.25) is 0 Å². The van der Waals surface area contributed by atoms with Gasteiger partial charge in [-0.25, -0.2) is 0 Å². The first-order valence-electron chi connectivity index (χ1n) is 9.42. The zero-order chi connectivity index (χ0) is 19.8. The van der Waals surface area contributed by atoms with E-state index in [1.807, 2.05) is 67.6 Å². The van der Waals surface area contributed by atoms with Crippen LogP contribution in [-0.4, -0.2) is 31.5 Å². The predicted molar refractivity (Wildman–Crippen MR) is 111 cm³/mol. The summed E-state index contributed by atoms with van der Waals surface area (Å²) in [5.74, 6) is 0.355. The second kappa shape index (κ2) is 9.55. The lowest BCUT2D eigenvalue weighted by atomic mass is 10.0. The fourth-order valence-corrected chi connectivity index (χ4v) is 3.03. The van der Waals surface area contributed by atoms with Gasteiger partial charge in [0.2, 0.25) is 0 Å². The van der Waals surface area contributed by atoms with Crippen LogP contribution in [0, 0.1) is 0 Å². The number of ether oxygens (including phenoxy) is 1. The Hall–Kier alpha value is -3.34. The van der Waals surface area contributed by atoms with E-state index in [0.29, 0.717) is 18.7 Å². The minimum Gasteiger partial charge on any atom is -0.483 e. The fourth-order valence-electron chi connectivity index (χ4n) is 3.03. The number of aryl methyl sites for hydroxylation is 1. The zero-order valence-electron chi connectivity index (χ0n) is 15.9. The van der Waals surface area contributed by atoms with Crippen molar-refractivity contribution < 1.29 is 14.3 Å². The molecule has 28 heavy (non-hydrogen) atoms. The van der Waals surface area contributed by atoms with Crippen molar-refractivity contribution in [3.8, 4) is 5.75 Å². The van der Waals surface area contributed by atoms with E-state index >= 15 is 0 Å². The summed E-state index contributed by atoms with van der Waals surface area (Å²) in [7, 11) is 0. The zero-order valence-corrected chi connectivity index (χ0v) is 15.9. The molecular weight excluding hydrogens is 352 g/mol. The minimum absolute atomic E-state index is 0.0473. The van der Waals surface area contributed by atoms with E-state index in [4.69, 9.17) is 4.74 Å². The number of carbonyl (C=O) groups excluding carboxylic acids is 2. The van der Waals surface area contributed by atoms with Crippen LogP contribution in [-0.2, 0) is 11.2 Å². The lowest BCUT2D eigenvalue weighted by Gasteiger charge is -2.11. The maximum atomic E-state index is 12.4. The third kappa shape index (κ3) is 4.88. The van der Waals surface area contributed by atoms with E-state index in [2.05, 4.69) is 10.6 Å². The van der Waals surface area contributed by atoms with Crippen molar-refractivity contribution in [1.82, 2.24) is 10.6 Å². The largest absolute Gasteiger partial charge is 0.483 e. The number of hydrogen-bond donors (Lipinski definition) is 2. The van der Waals surface area contributed by atoms with E-state index in [1.165, 1.54) is 0 Å². The van der Waals surface area contributed by atoms with Crippen LogP contribution in [0.25, 0.3) is 10.8 Å². The Morgan fingerprint density at radius 2 is 1.57 bits per heavy atom. The standard InChI is InChI=1S/C23H24N2O3/c1-2-17-8-4-6-13-21(17)28-16-22(26)24-14-15-25-23(27)20-12-7-10-18-9-3-5-11-19(18)20/h3-13H,2,14-16H2,1H3,(H,24,26)(H,25,27). The van der Waals surface area contributed by atoms with Gasteiger partial charge < -0.3 is 15.4 Å². The van der Waals surface area contributed by atoms with Crippen molar-refractivity contribution in [2.45, 2.75) is 13.3 Å². The smallest absolute Gasteiger partial charge is 0.258 e. The van der Waals surface area contributed by atoms with Crippen LogP contribution in [0.4, 0.5) is 0 Å². The van der Waals surface area contributed by atoms with E-state index < -0.39 is 0 Å². The first kappa shape index (κ1) is 19.4. The molecule has 144 valence electrons. The van der Waals surface area contributed by atoms with Gasteiger partial charge in [-0.15, -0.1) is 0 Å². The molecule has 3 rings (SSSR count). The summed E-state index contributed by atoms with van der Waals surface area (Å²) in [6.45, 7) is 2.68. The van der Waals surface area contributed by atoms with E-state index in [1.54, 1.807) is 6.07 Å². The minimum atomic E-state index is -0.217. The van der Waals surface area contributed by atoms with Crippen LogP contribution < -0.4 is 15.4 Å². The summed E-state index contributed by atoms with van der Waals surface area (Å²) < 4.78 is 5.59. The molecule has 0 unspecified atom stereocenters. The molecular formula is C23H24N2O3. The molecule has 0 saturated carbocycles.